The van der Waals surface area contributed by atoms with E-state index in [0.717, 1.165) is 6.07 Å². The van der Waals surface area contributed by atoms with Crippen molar-refractivity contribution >= 4 is 27.3 Å². The molecule has 122 valence electrons. The van der Waals surface area contributed by atoms with Crippen LogP contribution in [0, 0.1) is 5.82 Å². The third kappa shape index (κ3) is 3.98. The standard InChI is InChI=1S/C15H15FN2O4S/c1-10(19)17-11-7-8-12(16)13(9-11)18-23(20,21)15-6-4-3-5-14(15)22-2/h3-9,18H,1-2H3,(H,17,19). The smallest absolute Gasteiger partial charge is 0.265 e. The Hall–Kier alpha value is -2.61. The van der Waals surface area contributed by atoms with Crippen molar-refractivity contribution in [2.75, 3.05) is 17.1 Å². The monoisotopic (exact) mass is 338 g/mol. The van der Waals surface area contributed by atoms with E-state index in [4.69, 9.17) is 4.74 Å². The van der Waals surface area contributed by atoms with E-state index in [1.54, 1.807) is 6.07 Å². The minimum Gasteiger partial charge on any atom is -0.495 e. The molecule has 0 saturated heterocycles. The predicted molar refractivity (Wildman–Crippen MR) is 84.5 cm³/mol. The Morgan fingerprint density at radius 1 is 1.17 bits per heavy atom. The van der Waals surface area contributed by atoms with E-state index < -0.39 is 15.8 Å². The van der Waals surface area contributed by atoms with E-state index in [0.29, 0.717) is 0 Å². The molecule has 0 spiro atoms. The van der Waals surface area contributed by atoms with Gasteiger partial charge >= 0.3 is 0 Å². The van der Waals surface area contributed by atoms with Crippen LogP contribution in [-0.2, 0) is 14.8 Å². The predicted octanol–water partition coefficient (Wildman–Crippen LogP) is 2.59. The lowest BCUT2D eigenvalue weighted by atomic mass is 10.2. The highest BCUT2D eigenvalue weighted by Gasteiger charge is 2.20. The first-order valence-electron chi connectivity index (χ1n) is 6.56. The second-order valence-corrected chi connectivity index (χ2v) is 6.28. The van der Waals surface area contributed by atoms with Gasteiger partial charge in [-0.25, -0.2) is 12.8 Å². The number of rotatable bonds is 5. The van der Waals surface area contributed by atoms with Gasteiger partial charge in [-0.05, 0) is 30.3 Å². The van der Waals surface area contributed by atoms with Crippen LogP contribution in [0.5, 0.6) is 5.75 Å². The minimum absolute atomic E-state index is 0.119. The number of sulfonamides is 1. The largest absolute Gasteiger partial charge is 0.495 e. The normalized spacial score (nSPS) is 10.9. The van der Waals surface area contributed by atoms with Crippen LogP contribution in [0.1, 0.15) is 6.92 Å². The number of hydrogen-bond donors (Lipinski definition) is 2. The lowest BCUT2D eigenvalue weighted by Gasteiger charge is -2.13. The van der Waals surface area contributed by atoms with Gasteiger partial charge in [-0.3, -0.25) is 9.52 Å². The molecule has 2 aromatic carbocycles. The molecule has 0 radical (unpaired) electrons. The van der Waals surface area contributed by atoms with Crippen molar-refractivity contribution < 1.29 is 22.3 Å². The van der Waals surface area contributed by atoms with Crippen molar-refractivity contribution in [3.8, 4) is 5.75 Å². The third-order valence-electron chi connectivity index (χ3n) is 2.89. The average molecular weight is 338 g/mol. The Balaban J connectivity index is 2.39. The molecule has 2 rings (SSSR count). The van der Waals surface area contributed by atoms with Crippen LogP contribution in [0.25, 0.3) is 0 Å². The molecule has 0 aliphatic heterocycles. The molecular formula is C15H15FN2O4S. The number of ether oxygens (including phenoxy) is 1. The zero-order chi connectivity index (χ0) is 17.0. The molecule has 0 unspecified atom stereocenters. The quantitative estimate of drug-likeness (QED) is 0.877. The second kappa shape index (κ2) is 6.66. The van der Waals surface area contributed by atoms with Gasteiger partial charge in [0.2, 0.25) is 5.91 Å². The molecule has 2 aromatic rings. The maximum Gasteiger partial charge on any atom is 0.265 e. The van der Waals surface area contributed by atoms with E-state index in [1.165, 1.54) is 44.4 Å². The number of carbonyl (C=O) groups excluding carboxylic acids is 1. The second-order valence-electron chi connectivity index (χ2n) is 4.63. The molecule has 1 amide bonds. The summed E-state index contributed by atoms with van der Waals surface area (Å²) in [6.07, 6.45) is 0. The van der Waals surface area contributed by atoms with E-state index in [2.05, 4.69) is 10.0 Å². The summed E-state index contributed by atoms with van der Waals surface area (Å²) in [6.45, 7) is 1.29. The first-order chi connectivity index (χ1) is 10.8. The fourth-order valence-electron chi connectivity index (χ4n) is 1.93. The van der Waals surface area contributed by atoms with Gasteiger partial charge < -0.3 is 10.1 Å². The summed E-state index contributed by atoms with van der Waals surface area (Å²) in [7, 11) is -2.71. The average Bonchev–Trinajstić information content (AvgIpc) is 2.50. The molecule has 0 saturated carbocycles. The zero-order valence-corrected chi connectivity index (χ0v) is 13.3. The summed E-state index contributed by atoms with van der Waals surface area (Å²) >= 11 is 0. The number of nitrogens with one attached hydrogen (secondary N) is 2. The SMILES string of the molecule is COc1ccccc1S(=O)(=O)Nc1cc(NC(C)=O)ccc1F. The van der Waals surface area contributed by atoms with Crippen molar-refractivity contribution in [2.45, 2.75) is 11.8 Å². The van der Waals surface area contributed by atoms with Crippen molar-refractivity contribution in [1.82, 2.24) is 0 Å². The molecular weight excluding hydrogens is 323 g/mol. The van der Waals surface area contributed by atoms with Gasteiger partial charge in [-0.2, -0.15) is 0 Å². The number of benzene rings is 2. The van der Waals surface area contributed by atoms with Crippen LogP contribution in [-0.4, -0.2) is 21.4 Å². The van der Waals surface area contributed by atoms with Crippen LogP contribution in [0.4, 0.5) is 15.8 Å². The zero-order valence-electron chi connectivity index (χ0n) is 12.5. The highest BCUT2D eigenvalue weighted by atomic mass is 32.2. The number of anilines is 2. The van der Waals surface area contributed by atoms with Crippen LogP contribution in [0.3, 0.4) is 0 Å². The summed E-state index contributed by atoms with van der Waals surface area (Å²) in [5, 5.41) is 2.46. The van der Waals surface area contributed by atoms with Crippen LogP contribution < -0.4 is 14.8 Å². The molecule has 0 aliphatic carbocycles. The van der Waals surface area contributed by atoms with Gasteiger partial charge in [-0.1, -0.05) is 12.1 Å². The molecule has 0 heterocycles. The molecule has 8 heteroatoms. The molecule has 23 heavy (non-hydrogen) atoms. The van der Waals surface area contributed by atoms with E-state index in [9.17, 15) is 17.6 Å². The van der Waals surface area contributed by atoms with Crippen LogP contribution >= 0.6 is 0 Å². The van der Waals surface area contributed by atoms with Gasteiger partial charge in [0.05, 0.1) is 12.8 Å². The molecule has 6 nitrogen and oxygen atoms in total. The van der Waals surface area contributed by atoms with Gasteiger partial charge in [0.15, 0.2) is 0 Å². The van der Waals surface area contributed by atoms with E-state index in [-0.39, 0.29) is 27.9 Å². The lowest BCUT2D eigenvalue weighted by Crippen LogP contribution is -2.15. The maximum absolute atomic E-state index is 13.9. The Bertz CT molecular complexity index is 837. The Kier molecular flexibility index (Phi) is 4.85. The van der Waals surface area contributed by atoms with Crippen molar-refractivity contribution in [2.24, 2.45) is 0 Å². The highest BCUT2D eigenvalue weighted by molar-refractivity contribution is 7.92. The van der Waals surface area contributed by atoms with Crippen molar-refractivity contribution in [3.05, 3.63) is 48.3 Å². The Labute approximate surface area is 133 Å². The first-order valence-corrected chi connectivity index (χ1v) is 8.05. The van der Waals surface area contributed by atoms with Crippen molar-refractivity contribution in [3.63, 3.8) is 0 Å². The van der Waals surface area contributed by atoms with E-state index >= 15 is 0 Å². The van der Waals surface area contributed by atoms with Crippen LogP contribution in [0.15, 0.2) is 47.4 Å². The lowest BCUT2D eigenvalue weighted by molar-refractivity contribution is -0.114. The number of para-hydroxylation sites is 1. The fourth-order valence-corrected chi connectivity index (χ4v) is 3.15. The maximum atomic E-state index is 13.9. The minimum atomic E-state index is -4.05. The number of halogens is 1. The van der Waals surface area contributed by atoms with Gasteiger partial charge in [-0.15, -0.1) is 0 Å². The summed E-state index contributed by atoms with van der Waals surface area (Å²) in [5.41, 5.74) is -0.00113. The topological polar surface area (TPSA) is 84.5 Å². The number of methoxy groups -OCH3 is 1. The summed E-state index contributed by atoms with van der Waals surface area (Å²) < 4.78 is 45.9. The van der Waals surface area contributed by atoms with Crippen molar-refractivity contribution in [1.29, 1.82) is 0 Å². The van der Waals surface area contributed by atoms with Gasteiger partial charge in [0.25, 0.3) is 10.0 Å². The number of carbonyl (C=O) groups is 1. The van der Waals surface area contributed by atoms with Crippen LogP contribution in [0.2, 0.25) is 0 Å². The Morgan fingerprint density at radius 2 is 1.87 bits per heavy atom. The first kappa shape index (κ1) is 16.8. The third-order valence-corrected chi connectivity index (χ3v) is 4.29. The Morgan fingerprint density at radius 3 is 2.52 bits per heavy atom. The highest BCUT2D eigenvalue weighted by Crippen LogP contribution is 2.27. The molecule has 0 fully saturated rings. The summed E-state index contributed by atoms with van der Waals surface area (Å²) in [6, 6.07) is 9.57. The molecule has 0 atom stereocenters. The molecule has 0 aromatic heterocycles. The summed E-state index contributed by atoms with van der Waals surface area (Å²) in [4.78, 5) is 10.9. The van der Waals surface area contributed by atoms with Gasteiger partial charge in [0, 0.05) is 12.6 Å². The van der Waals surface area contributed by atoms with E-state index in [1.807, 2.05) is 0 Å². The molecule has 2 N–H and O–H groups in total. The fraction of sp³-hybridized carbons (Fsp3) is 0.133. The summed E-state index contributed by atoms with van der Waals surface area (Å²) in [5.74, 6) is -0.980. The number of hydrogen-bond acceptors (Lipinski definition) is 4. The number of amides is 1. The molecule has 0 aliphatic rings. The van der Waals surface area contributed by atoms with Gasteiger partial charge in [0.1, 0.15) is 16.5 Å². The molecule has 0 bridgehead atoms.